The molecule has 1 aliphatic carbocycles. The molecule has 20 heavy (non-hydrogen) atoms. The lowest BCUT2D eigenvalue weighted by molar-refractivity contribution is -0.128. The van der Waals surface area contributed by atoms with Gasteiger partial charge in [0.2, 0.25) is 0 Å². The Hall–Kier alpha value is -0.460. The zero-order valence-electron chi connectivity index (χ0n) is 12.2. The molecular weight excluding hydrogens is 342 g/mol. The monoisotopic (exact) mass is 363 g/mol. The summed E-state index contributed by atoms with van der Waals surface area (Å²) >= 11 is 4.96. The molecule has 1 aliphatic rings. The average Bonchev–Trinajstić information content (AvgIpc) is 2.82. The van der Waals surface area contributed by atoms with Crippen molar-refractivity contribution in [2.75, 3.05) is 6.61 Å². The van der Waals surface area contributed by atoms with E-state index in [2.05, 4.69) is 39.5 Å². The van der Waals surface area contributed by atoms with Gasteiger partial charge in [-0.25, -0.2) is 4.98 Å². The van der Waals surface area contributed by atoms with Crippen LogP contribution in [-0.2, 0) is 15.1 Å². The molecule has 0 aromatic carbocycles. The molecule has 114 valence electrons. The van der Waals surface area contributed by atoms with Gasteiger partial charge in [0.15, 0.2) is 0 Å². The number of nitrogens with zero attached hydrogens (tertiary/aromatic N) is 1. The minimum absolute atomic E-state index is 0.0669. The molecule has 0 aliphatic heterocycles. The molecule has 1 fully saturated rings. The van der Waals surface area contributed by atoms with Crippen LogP contribution < -0.4 is 0 Å². The van der Waals surface area contributed by atoms with Gasteiger partial charge in [0.05, 0.1) is 16.6 Å². The number of hydrogen-bond acceptors (Lipinski definition) is 5. The molecular formula is C14H22BrNO3S. The molecule has 6 heteroatoms. The second kappa shape index (κ2) is 7.52. The molecule has 0 bridgehead atoms. The fourth-order valence-corrected chi connectivity index (χ4v) is 3.91. The van der Waals surface area contributed by atoms with E-state index in [9.17, 15) is 9.90 Å². The lowest BCUT2D eigenvalue weighted by Gasteiger charge is -2.45. The van der Waals surface area contributed by atoms with E-state index in [-0.39, 0.29) is 5.41 Å². The Kier molecular flexibility index (Phi) is 6.61. The van der Waals surface area contributed by atoms with Crippen molar-refractivity contribution in [3.63, 3.8) is 0 Å². The number of aromatic nitrogens is 1. The topological polar surface area (TPSA) is 59.4 Å². The summed E-state index contributed by atoms with van der Waals surface area (Å²) in [5.41, 5.74) is -0.801. The van der Waals surface area contributed by atoms with E-state index in [1.165, 1.54) is 6.42 Å². The zero-order valence-corrected chi connectivity index (χ0v) is 14.6. The van der Waals surface area contributed by atoms with Crippen LogP contribution in [0.15, 0.2) is 9.98 Å². The third-order valence-electron chi connectivity index (χ3n) is 3.78. The second-order valence-corrected chi connectivity index (χ2v) is 7.88. The highest BCUT2D eigenvalue weighted by Gasteiger charge is 2.48. The van der Waals surface area contributed by atoms with Crippen LogP contribution in [0, 0.1) is 5.41 Å². The van der Waals surface area contributed by atoms with Crippen molar-refractivity contribution in [2.24, 2.45) is 5.41 Å². The van der Waals surface area contributed by atoms with Crippen molar-refractivity contribution >= 4 is 33.7 Å². The maximum absolute atomic E-state index is 10.8. The quantitative estimate of drug-likeness (QED) is 0.827. The average molecular weight is 364 g/mol. The third kappa shape index (κ3) is 4.02. The Morgan fingerprint density at radius 3 is 2.55 bits per heavy atom. The summed E-state index contributed by atoms with van der Waals surface area (Å²) < 4.78 is 5.15. The van der Waals surface area contributed by atoms with Crippen LogP contribution in [0.2, 0.25) is 0 Å². The van der Waals surface area contributed by atoms with Gasteiger partial charge >= 0.3 is 0 Å². The number of rotatable bonds is 3. The summed E-state index contributed by atoms with van der Waals surface area (Å²) in [6.45, 7) is 6.95. The number of thiazole rings is 1. The molecule has 0 saturated heterocycles. The van der Waals surface area contributed by atoms with Gasteiger partial charge in [0.1, 0.15) is 10.6 Å². The van der Waals surface area contributed by atoms with Crippen molar-refractivity contribution in [3.05, 3.63) is 15.0 Å². The Morgan fingerprint density at radius 1 is 1.50 bits per heavy atom. The summed E-state index contributed by atoms with van der Waals surface area (Å²) in [6, 6.07) is 0. The summed E-state index contributed by atoms with van der Waals surface area (Å²) in [5, 5.41) is 11.7. The summed E-state index contributed by atoms with van der Waals surface area (Å²) in [5.74, 6) is 0. The van der Waals surface area contributed by atoms with Crippen LogP contribution in [0.25, 0.3) is 0 Å². The number of aliphatic hydroxyl groups is 1. The van der Waals surface area contributed by atoms with Crippen molar-refractivity contribution in [2.45, 2.75) is 52.1 Å². The number of ether oxygens (including phenoxy) is 1. The van der Waals surface area contributed by atoms with E-state index >= 15 is 0 Å². The van der Waals surface area contributed by atoms with E-state index in [0.29, 0.717) is 13.1 Å². The van der Waals surface area contributed by atoms with Crippen molar-refractivity contribution in [3.8, 4) is 0 Å². The van der Waals surface area contributed by atoms with Crippen LogP contribution >= 0.6 is 27.3 Å². The molecule has 4 nitrogen and oxygen atoms in total. The van der Waals surface area contributed by atoms with Crippen LogP contribution in [0.3, 0.4) is 0 Å². The largest absolute Gasteiger partial charge is 0.468 e. The molecule has 1 saturated carbocycles. The number of carbonyl (C=O) groups is 1. The maximum Gasteiger partial charge on any atom is 0.293 e. The highest BCUT2D eigenvalue weighted by atomic mass is 79.9. The fraction of sp³-hybridized carbons (Fsp3) is 0.714. The van der Waals surface area contributed by atoms with Crippen LogP contribution in [0.5, 0.6) is 0 Å². The van der Waals surface area contributed by atoms with Crippen molar-refractivity contribution in [1.29, 1.82) is 0 Å². The van der Waals surface area contributed by atoms with Crippen LogP contribution in [-0.4, -0.2) is 23.2 Å². The second-order valence-electron chi connectivity index (χ2n) is 5.47. The van der Waals surface area contributed by atoms with Gasteiger partial charge < -0.3 is 9.84 Å². The summed E-state index contributed by atoms with van der Waals surface area (Å²) in [6.07, 6.45) is 5.99. The Balaban J connectivity index is 0.000000347. The van der Waals surface area contributed by atoms with Crippen LogP contribution in [0.4, 0.5) is 0 Å². The van der Waals surface area contributed by atoms with Gasteiger partial charge in [0, 0.05) is 5.41 Å². The van der Waals surface area contributed by atoms with Gasteiger partial charge in [-0.3, -0.25) is 4.79 Å². The lowest BCUT2D eigenvalue weighted by atomic mass is 9.66. The maximum atomic E-state index is 10.8. The molecule has 2 rings (SSSR count). The first-order valence-corrected chi connectivity index (χ1v) is 8.38. The fourth-order valence-electron chi connectivity index (χ4n) is 2.40. The third-order valence-corrected chi connectivity index (χ3v) is 5.40. The van der Waals surface area contributed by atoms with E-state index in [0.717, 1.165) is 28.1 Å². The van der Waals surface area contributed by atoms with Gasteiger partial charge in [-0.2, -0.15) is 0 Å². The molecule has 0 radical (unpaired) electrons. The highest BCUT2D eigenvalue weighted by molar-refractivity contribution is 9.11. The standard InChI is InChI=1S/C11H16BrNOS.C3H6O2/c1-10(2)5-3-4-6-11(10,14)9-13-7-8(12)15-9;1-2-5-3-4/h7,14H,3-6H2,1-2H3;3H,2H2,1H3. The molecule has 1 atom stereocenters. The van der Waals surface area contributed by atoms with E-state index in [4.69, 9.17) is 0 Å². The highest BCUT2D eigenvalue weighted by Crippen LogP contribution is 2.51. The molecule has 1 heterocycles. The Labute approximate surface area is 132 Å². The first-order chi connectivity index (χ1) is 9.37. The van der Waals surface area contributed by atoms with Crippen molar-refractivity contribution in [1.82, 2.24) is 4.98 Å². The van der Waals surface area contributed by atoms with E-state index in [1.54, 1.807) is 24.5 Å². The molecule has 0 amide bonds. The predicted molar refractivity (Wildman–Crippen MR) is 83.6 cm³/mol. The molecule has 1 N–H and O–H groups in total. The normalized spacial score (nSPS) is 24.4. The van der Waals surface area contributed by atoms with Gasteiger partial charge in [-0.05, 0) is 35.7 Å². The van der Waals surface area contributed by atoms with Crippen molar-refractivity contribution < 1.29 is 14.6 Å². The Morgan fingerprint density at radius 2 is 2.15 bits per heavy atom. The SMILES string of the molecule is CC1(C)CCCCC1(O)c1ncc(Br)s1.CCOC=O. The smallest absolute Gasteiger partial charge is 0.293 e. The molecule has 0 spiro atoms. The summed E-state index contributed by atoms with van der Waals surface area (Å²) in [4.78, 5) is 13.5. The van der Waals surface area contributed by atoms with Gasteiger partial charge in [-0.1, -0.05) is 26.7 Å². The van der Waals surface area contributed by atoms with Gasteiger partial charge in [0.25, 0.3) is 6.47 Å². The Bertz CT molecular complexity index is 436. The minimum Gasteiger partial charge on any atom is -0.468 e. The molecule has 1 aromatic heterocycles. The van der Waals surface area contributed by atoms with Crippen LogP contribution in [0.1, 0.15) is 51.5 Å². The first-order valence-electron chi connectivity index (χ1n) is 6.77. The number of carbonyl (C=O) groups excluding carboxylic acids is 1. The number of hydrogen-bond donors (Lipinski definition) is 1. The minimum atomic E-state index is -0.734. The summed E-state index contributed by atoms with van der Waals surface area (Å²) in [7, 11) is 0. The molecule has 1 unspecified atom stereocenters. The first kappa shape index (κ1) is 17.6. The predicted octanol–water partition coefficient (Wildman–Crippen LogP) is 3.87. The number of halogens is 1. The lowest BCUT2D eigenvalue weighted by Crippen LogP contribution is -2.44. The van der Waals surface area contributed by atoms with Gasteiger partial charge in [-0.15, -0.1) is 11.3 Å². The zero-order chi connectivity index (χ0) is 15.2. The van der Waals surface area contributed by atoms with E-state index in [1.807, 2.05) is 0 Å². The molecule has 1 aromatic rings. The van der Waals surface area contributed by atoms with E-state index < -0.39 is 5.60 Å².